The number of carbonyl (C=O) groups excluding carboxylic acids is 1. The number of rotatable bonds is 7. The molecule has 1 rings (SSSR count). The minimum absolute atomic E-state index is 0.0588. The molecule has 0 spiro atoms. The van der Waals surface area contributed by atoms with Gasteiger partial charge in [-0.2, -0.15) is 0 Å². The van der Waals surface area contributed by atoms with Crippen molar-refractivity contribution in [3.8, 4) is 0 Å². The fraction of sp³-hybridized carbons (Fsp3) is 0.923. The Hall–Kier alpha value is -0.610. The Kier molecular flexibility index (Phi) is 7.21. The van der Waals surface area contributed by atoms with E-state index in [2.05, 4.69) is 4.90 Å². The van der Waals surface area contributed by atoms with Crippen molar-refractivity contribution in [2.45, 2.75) is 51.5 Å². The van der Waals surface area contributed by atoms with Crippen LogP contribution < -0.4 is 5.73 Å². The Morgan fingerprint density at radius 3 is 2.65 bits per heavy atom. The van der Waals surface area contributed by atoms with Gasteiger partial charge in [0.1, 0.15) is 0 Å². The molecule has 1 saturated heterocycles. The summed E-state index contributed by atoms with van der Waals surface area (Å²) >= 11 is 0. The van der Waals surface area contributed by atoms with Gasteiger partial charge in [0.25, 0.3) is 0 Å². The van der Waals surface area contributed by atoms with Gasteiger partial charge in [0, 0.05) is 12.5 Å². The third-order valence-corrected chi connectivity index (χ3v) is 3.29. The van der Waals surface area contributed by atoms with Crippen LogP contribution in [0.5, 0.6) is 0 Å². The minimum Gasteiger partial charge on any atom is -0.466 e. The van der Waals surface area contributed by atoms with Crippen LogP contribution in [0.4, 0.5) is 0 Å². The van der Waals surface area contributed by atoms with Gasteiger partial charge in [-0.1, -0.05) is 6.42 Å². The van der Waals surface area contributed by atoms with Crippen molar-refractivity contribution < 1.29 is 9.53 Å². The van der Waals surface area contributed by atoms with Gasteiger partial charge >= 0.3 is 5.97 Å². The molecule has 0 unspecified atom stereocenters. The van der Waals surface area contributed by atoms with Crippen LogP contribution >= 0.6 is 0 Å². The third-order valence-electron chi connectivity index (χ3n) is 3.29. The van der Waals surface area contributed by atoms with E-state index in [4.69, 9.17) is 10.5 Å². The topological polar surface area (TPSA) is 55.6 Å². The van der Waals surface area contributed by atoms with Crippen LogP contribution in [0.25, 0.3) is 0 Å². The lowest BCUT2D eigenvalue weighted by Crippen LogP contribution is -2.39. The number of carbonyl (C=O) groups is 1. The fourth-order valence-corrected chi connectivity index (χ4v) is 2.19. The Morgan fingerprint density at radius 1 is 1.29 bits per heavy atom. The third kappa shape index (κ3) is 6.64. The first-order chi connectivity index (χ1) is 8.22. The average Bonchev–Trinajstić information content (AvgIpc) is 2.31. The summed E-state index contributed by atoms with van der Waals surface area (Å²) in [6.45, 7) is 5.76. The maximum Gasteiger partial charge on any atom is 0.305 e. The number of nitrogens with zero attached hydrogens (tertiary/aromatic N) is 1. The molecule has 0 aliphatic carbocycles. The molecule has 1 fully saturated rings. The van der Waals surface area contributed by atoms with Gasteiger partial charge in [0.2, 0.25) is 0 Å². The average molecular weight is 242 g/mol. The van der Waals surface area contributed by atoms with Gasteiger partial charge in [0.05, 0.1) is 6.61 Å². The highest BCUT2D eigenvalue weighted by Crippen LogP contribution is 2.10. The number of unbranched alkanes of at least 4 members (excludes halogenated alkanes) is 2. The highest BCUT2D eigenvalue weighted by Gasteiger charge is 2.14. The predicted molar refractivity (Wildman–Crippen MR) is 68.8 cm³/mol. The molecule has 100 valence electrons. The molecule has 0 aromatic rings. The van der Waals surface area contributed by atoms with Crippen molar-refractivity contribution in [2.24, 2.45) is 5.73 Å². The molecule has 1 aliphatic rings. The Bertz CT molecular complexity index is 213. The molecule has 0 aromatic heterocycles. The molecule has 2 N–H and O–H groups in total. The Balaban J connectivity index is 1.92. The van der Waals surface area contributed by atoms with Crippen molar-refractivity contribution in [1.29, 1.82) is 0 Å². The van der Waals surface area contributed by atoms with Crippen LogP contribution in [0.15, 0.2) is 0 Å². The normalized spacial score (nSPS) is 18.2. The van der Waals surface area contributed by atoms with Gasteiger partial charge in [-0.15, -0.1) is 0 Å². The van der Waals surface area contributed by atoms with Gasteiger partial charge in [-0.3, -0.25) is 4.79 Å². The van der Waals surface area contributed by atoms with E-state index in [9.17, 15) is 4.79 Å². The quantitative estimate of drug-likeness (QED) is 0.543. The monoisotopic (exact) mass is 242 g/mol. The first-order valence-corrected chi connectivity index (χ1v) is 6.86. The molecular formula is C13H26N2O2. The zero-order valence-corrected chi connectivity index (χ0v) is 11.0. The molecule has 0 amide bonds. The molecule has 0 bridgehead atoms. The number of esters is 1. The van der Waals surface area contributed by atoms with Gasteiger partial charge in [-0.05, 0) is 52.2 Å². The molecule has 4 heteroatoms. The molecule has 4 nitrogen and oxygen atoms in total. The standard InChI is InChI=1S/C13H26N2O2/c1-2-17-13(16)6-4-3-5-9-15-10-7-12(14)8-11-15/h12H,2-11,14H2,1H3. The summed E-state index contributed by atoms with van der Waals surface area (Å²) in [5.74, 6) is -0.0588. The second kappa shape index (κ2) is 8.48. The van der Waals surface area contributed by atoms with Gasteiger partial charge in [0.15, 0.2) is 0 Å². The first-order valence-electron chi connectivity index (χ1n) is 6.86. The highest BCUT2D eigenvalue weighted by atomic mass is 16.5. The molecule has 0 saturated carbocycles. The van der Waals surface area contributed by atoms with E-state index in [0.29, 0.717) is 19.1 Å². The summed E-state index contributed by atoms with van der Waals surface area (Å²) in [6.07, 6.45) is 6.06. The zero-order chi connectivity index (χ0) is 12.5. The number of likely N-dealkylation sites (tertiary alicyclic amines) is 1. The van der Waals surface area contributed by atoms with Crippen LogP contribution in [0.1, 0.15) is 45.4 Å². The Morgan fingerprint density at radius 2 is 2.00 bits per heavy atom. The van der Waals surface area contributed by atoms with Crippen molar-refractivity contribution in [3.63, 3.8) is 0 Å². The van der Waals surface area contributed by atoms with Crippen LogP contribution in [-0.4, -0.2) is 43.2 Å². The largest absolute Gasteiger partial charge is 0.466 e. The number of piperidine rings is 1. The Labute approximate surface area is 104 Å². The number of hydrogen-bond donors (Lipinski definition) is 1. The second-order valence-electron chi connectivity index (χ2n) is 4.79. The minimum atomic E-state index is -0.0588. The molecule has 1 heterocycles. The summed E-state index contributed by atoms with van der Waals surface area (Å²) in [5, 5.41) is 0. The van der Waals surface area contributed by atoms with E-state index >= 15 is 0 Å². The van der Waals surface area contributed by atoms with E-state index in [1.54, 1.807) is 0 Å². The fourth-order valence-electron chi connectivity index (χ4n) is 2.19. The van der Waals surface area contributed by atoms with E-state index < -0.39 is 0 Å². The lowest BCUT2D eigenvalue weighted by molar-refractivity contribution is -0.143. The molecule has 0 radical (unpaired) electrons. The SMILES string of the molecule is CCOC(=O)CCCCCN1CCC(N)CC1. The van der Waals surface area contributed by atoms with Crippen LogP contribution in [0.3, 0.4) is 0 Å². The highest BCUT2D eigenvalue weighted by molar-refractivity contribution is 5.69. The summed E-state index contributed by atoms with van der Waals surface area (Å²) in [4.78, 5) is 13.6. The molecule has 1 aliphatic heterocycles. The van der Waals surface area contributed by atoms with E-state index in [1.165, 1.54) is 6.42 Å². The molecule has 17 heavy (non-hydrogen) atoms. The van der Waals surface area contributed by atoms with E-state index in [0.717, 1.165) is 45.3 Å². The van der Waals surface area contributed by atoms with Crippen molar-refractivity contribution in [1.82, 2.24) is 4.90 Å². The van der Waals surface area contributed by atoms with Crippen molar-refractivity contribution in [3.05, 3.63) is 0 Å². The molecular weight excluding hydrogens is 216 g/mol. The van der Waals surface area contributed by atoms with Gasteiger partial charge in [-0.25, -0.2) is 0 Å². The van der Waals surface area contributed by atoms with Crippen LogP contribution in [-0.2, 0) is 9.53 Å². The lowest BCUT2D eigenvalue weighted by atomic mass is 10.1. The molecule has 0 atom stereocenters. The van der Waals surface area contributed by atoms with Crippen LogP contribution in [0, 0.1) is 0 Å². The van der Waals surface area contributed by atoms with Crippen molar-refractivity contribution >= 4 is 5.97 Å². The smallest absolute Gasteiger partial charge is 0.305 e. The summed E-state index contributed by atoms with van der Waals surface area (Å²) < 4.78 is 4.89. The number of nitrogens with two attached hydrogens (primary N) is 1. The first kappa shape index (κ1) is 14.5. The van der Waals surface area contributed by atoms with Gasteiger partial charge < -0.3 is 15.4 Å². The molecule has 0 aromatic carbocycles. The summed E-state index contributed by atoms with van der Waals surface area (Å²) in [6, 6.07) is 0.412. The number of ether oxygens (including phenoxy) is 1. The predicted octanol–water partition coefficient (Wildman–Crippen LogP) is 1.53. The second-order valence-corrected chi connectivity index (χ2v) is 4.79. The maximum absolute atomic E-state index is 11.1. The number of hydrogen-bond acceptors (Lipinski definition) is 4. The lowest BCUT2D eigenvalue weighted by Gasteiger charge is -2.29. The van der Waals surface area contributed by atoms with E-state index in [1.807, 2.05) is 6.92 Å². The zero-order valence-electron chi connectivity index (χ0n) is 11.0. The van der Waals surface area contributed by atoms with E-state index in [-0.39, 0.29) is 5.97 Å². The summed E-state index contributed by atoms with van der Waals surface area (Å²) in [7, 11) is 0. The van der Waals surface area contributed by atoms with Crippen molar-refractivity contribution in [2.75, 3.05) is 26.2 Å². The van der Waals surface area contributed by atoms with Crippen LogP contribution in [0.2, 0.25) is 0 Å². The maximum atomic E-state index is 11.1. The summed E-state index contributed by atoms with van der Waals surface area (Å²) in [5.41, 5.74) is 5.86.